The summed E-state index contributed by atoms with van der Waals surface area (Å²) in [5.74, 6) is 3.00. The van der Waals surface area contributed by atoms with Crippen LogP contribution >= 0.6 is 0 Å². The molecule has 3 aromatic rings. The maximum atomic E-state index is 6.27. The summed E-state index contributed by atoms with van der Waals surface area (Å²) in [6, 6.07) is 17.5. The summed E-state index contributed by atoms with van der Waals surface area (Å²) >= 11 is 0. The number of nitrogens with zero attached hydrogens (tertiary/aromatic N) is 5. The van der Waals surface area contributed by atoms with Crippen molar-refractivity contribution in [2.75, 3.05) is 18.8 Å². The Balaban J connectivity index is 1.45. The van der Waals surface area contributed by atoms with Crippen LogP contribution in [0.4, 0.5) is 11.6 Å². The minimum Gasteiger partial charge on any atom is -0.457 e. The molecule has 33 heavy (non-hydrogen) atoms. The summed E-state index contributed by atoms with van der Waals surface area (Å²) in [5.41, 5.74) is 14.8. The number of hydrogen-bond acceptors (Lipinski definition) is 7. The molecule has 3 heterocycles. The fourth-order valence-electron chi connectivity index (χ4n) is 4.34. The highest BCUT2D eigenvalue weighted by Crippen LogP contribution is 2.32. The number of hydrogen-bond donors (Lipinski definition) is 2. The third kappa shape index (κ3) is 4.48. The van der Waals surface area contributed by atoms with E-state index in [2.05, 4.69) is 21.1 Å². The van der Waals surface area contributed by atoms with Crippen LogP contribution in [-0.4, -0.2) is 50.7 Å². The third-order valence-corrected chi connectivity index (χ3v) is 6.04. The molecule has 8 heteroatoms. The van der Waals surface area contributed by atoms with Gasteiger partial charge in [0, 0.05) is 18.0 Å². The van der Waals surface area contributed by atoms with Gasteiger partial charge in [0.05, 0.1) is 6.17 Å². The highest BCUT2D eigenvalue weighted by atomic mass is 16.5. The van der Waals surface area contributed by atoms with Gasteiger partial charge >= 0.3 is 5.82 Å². The van der Waals surface area contributed by atoms with Crippen molar-refractivity contribution in [3.8, 4) is 11.5 Å². The summed E-state index contributed by atoms with van der Waals surface area (Å²) in [7, 11) is 0. The smallest absolute Gasteiger partial charge is 0.363 e. The number of ether oxygens (including phenoxy) is 1. The topological polar surface area (TPSA) is 106 Å². The van der Waals surface area contributed by atoms with Crippen LogP contribution in [0.2, 0.25) is 0 Å². The zero-order valence-electron chi connectivity index (χ0n) is 18.6. The van der Waals surface area contributed by atoms with Gasteiger partial charge in [-0.1, -0.05) is 23.3 Å². The number of anilines is 1. The molecule has 2 aliphatic rings. The van der Waals surface area contributed by atoms with Crippen molar-refractivity contribution in [1.82, 2.24) is 14.9 Å². The van der Waals surface area contributed by atoms with Gasteiger partial charge in [-0.2, -0.15) is 4.98 Å². The fraction of sp³-hybridized carbons (Fsp3) is 0.280. The van der Waals surface area contributed by atoms with Crippen LogP contribution in [0.1, 0.15) is 30.9 Å². The van der Waals surface area contributed by atoms with Crippen molar-refractivity contribution in [3.63, 3.8) is 0 Å². The van der Waals surface area contributed by atoms with Gasteiger partial charge in [-0.3, -0.25) is 4.90 Å². The standard InChI is InChI=1S/C25H28N7O/c1-17(26)31-13-5-6-18(14-31)15-32-25-22(24(27)28-16-29-25)23(30-32)19-9-11-21(12-10-19)33-20-7-3-2-4-8-20/h2-4,7-12,15-18H,5-6,13-14,26H2,1H3,(H2,27,28,29)/q+1/b32-15-. The Morgan fingerprint density at radius 2 is 1.85 bits per heavy atom. The normalized spacial score (nSPS) is 20.4. The summed E-state index contributed by atoms with van der Waals surface area (Å²) in [6.07, 6.45) is 5.86. The van der Waals surface area contributed by atoms with Crippen LogP contribution in [0.3, 0.4) is 0 Å². The molecule has 4 N–H and O–H groups in total. The van der Waals surface area contributed by atoms with Crippen LogP contribution in [0.25, 0.3) is 0 Å². The second-order valence-corrected chi connectivity index (χ2v) is 8.48. The van der Waals surface area contributed by atoms with Crippen LogP contribution < -0.4 is 16.2 Å². The molecule has 1 aromatic heterocycles. The monoisotopic (exact) mass is 442 g/mol. The fourth-order valence-corrected chi connectivity index (χ4v) is 4.34. The summed E-state index contributed by atoms with van der Waals surface area (Å²) in [5, 5.41) is 4.89. The molecular formula is C25H28N7O+. The van der Waals surface area contributed by atoms with Crippen LogP contribution in [0.15, 0.2) is 66.0 Å². The Labute approximate surface area is 193 Å². The Bertz CT molecular complexity index is 1190. The Kier molecular flexibility index (Phi) is 5.85. The van der Waals surface area contributed by atoms with Crippen molar-refractivity contribution in [1.29, 1.82) is 0 Å². The number of nitrogens with two attached hydrogens (primary N) is 2. The number of piperidine rings is 1. The maximum absolute atomic E-state index is 6.27. The minimum atomic E-state index is 0.0423. The van der Waals surface area contributed by atoms with Crippen LogP contribution in [0, 0.1) is 5.92 Å². The zero-order valence-corrected chi connectivity index (χ0v) is 18.6. The second kappa shape index (κ2) is 9.09. The molecule has 5 rings (SSSR count). The Morgan fingerprint density at radius 3 is 2.61 bits per heavy atom. The van der Waals surface area contributed by atoms with Crippen molar-refractivity contribution < 1.29 is 9.42 Å². The van der Waals surface area contributed by atoms with E-state index in [1.165, 1.54) is 6.33 Å². The molecule has 168 valence electrons. The van der Waals surface area contributed by atoms with E-state index in [0.29, 0.717) is 17.6 Å². The van der Waals surface area contributed by atoms with Crippen LogP contribution in [-0.2, 0) is 0 Å². The number of rotatable bonds is 5. The number of para-hydroxylation sites is 1. The first-order chi connectivity index (χ1) is 16.1. The Hall–Kier alpha value is -3.62. The maximum Gasteiger partial charge on any atom is 0.363 e. The van der Waals surface area contributed by atoms with Gasteiger partial charge < -0.3 is 16.2 Å². The summed E-state index contributed by atoms with van der Waals surface area (Å²) in [6.45, 7) is 3.96. The van der Waals surface area contributed by atoms with E-state index in [9.17, 15) is 0 Å². The lowest BCUT2D eigenvalue weighted by molar-refractivity contribution is -0.442. The number of aromatic nitrogens is 2. The van der Waals surface area contributed by atoms with E-state index in [1.54, 1.807) is 0 Å². The highest BCUT2D eigenvalue weighted by molar-refractivity contribution is 6.18. The van der Waals surface area contributed by atoms with E-state index in [-0.39, 0.29) is 6.17 Å². The van der Waals surface area contributed by atoms with Crippen molar-refractivity contribution in [3.05, 3.63) is 72.1 Å². The molecule has 0 bridgehead atoms. The molecule has 0 radical (unpaired) electrons. The number of benzene rings is 2. The molecule has 0 saturated carbocycles. The first-order valence-electron chi connectivity index (χ1n) is 11.2. The van der Waals surface area contributed by atoms with Crippen molar-refractivity contribution in [2.24, 2.45) is 16.8 Å². The molecule has 0 aliphatic carbocycles. The molecule has 0 spiro atoms. The predicted molar refractivity (Wildman–Crippen MR) is 129 cm³/mol. The third-order valence-electron chi connectivity index (χ3n) is 6.04. The van der Waals surface area contributed by atoms with Gasteiger partial charge in [0.15, 0.2) is 0 Å². The molecule has 2 atom stereocenters. The number of fused-ring (bicyclic) bond motifs is 1. The van der Waals surface area contributed by atoms with Crippen LogP contribution in [0.5, 0.6) is 11.5 Å². The molecular weight excluding hydrogens is 414 g/mol. The first-order valence-corrected chi connectivity index (χ1v) is 11.2. The zero-order chi connectivity index (χ0) is 22.8. The lowest BCUT2D eigenvalue weighted by Crippen LogP contribution is -2.46. The van der Waals surface area contributed by atoms with E-state index in [0.717, 1.165) is 54.3 Å². The lowest BCUT2D eigenvalue weighted by atomic mass is 9.99. The van der Waals surface area contributed by atoms with E-state index in [4.69, 9.17) is 21.3 Å². The van der Waals surface area contributed by atoms with Gasteiger partial charge in [0.2, 0.25) is 6.33 Å². The molecule has 2 aromatic carbocycles. The average Bonchev–Trinajstić information content (AvgIpc) is 3.20. The molecule has 2 aliphatic heterocycles. The van der Waals surface area contributed by atoms with Crippen molar-refractivity contribution in [2.45, 2.75) is 25.9 Å². The minimum absolute atomic E-state index is 0.0423. The molecule has 1 fully saturated rings. The molecule has 0 amide bonds. The van der Waals surface area contributed by atoms with Gasteiger partial charge in [0.1, 0.15) is 34.8 Å². The van der Waals surface area contributed by atoms with E-state index < -0.39 is 0 Å². The number of likely N-dealkylation sites (tertiary alicyclic amines) is 1. The average molecular weight is 443 g/mol. The van der Waals surface area contributed by atoms with Crippen molar-refractivity contribution >= 4 is 23.6 Å². The van der Waals surface area contributed by atoms with E-state index >= 15 is 0 Å². The molecule has 8 nitrogen and oxygen atoms in total. The predicted octanol–water partition coefficient (Wildman–Crippen LogP) is 3.35. The summed E-state index contributed by atoms with van der Waals surface area (Å²) in [4.78, 5) is 11.0. The molecule has 1 saturated heterocycles. The number of nitrogen functional groups attached to an aromatic ring is 1. The van der Waals surface area contributed by atoms with Gasteiger partial charge in [-0.25, -0.2) is 0 Å². The highest BCUT2D eigenvalue weighted by Gasteiger charge is 2.34. The Morgan fingerprint density at radius 1 is 1.09 bits per heavy atom. The van der Waals surface area contributed by atoms with Gasteiger partial charge in [-0.15, -0.1) is 4.68 Å². The molecule has 2 unspecified atom stereocenters. The van der Waals surface area contributed by atoms with Gasteiger partial charge in [-0.05, 0) is 67.7 Å². The van der Waals surface area contributed by atoms with E-state index in [1.807, 2.05) is 66.2 Å². The summed E-state index contributed by atoms with van der Waals surface area (Å²) < 4.78 is 7.77. The number of hydrazone groups is 1. The SMILES string of the molecule is CC(N)N1CCCC(/C=[N+]2\N=C(c3ccc(Oc4ccccc4)cc3)c3c(N)ncnc32)C1. The quantitative estimate of drug-likeness (QED) is 0.587. The largest absolute Gasteiger partial charge is 0.457 e. The first kappa shape index (κ1) is 21.2. The second-order valence-electron chi connectivity index (χ2n) is 8.48. The van der Waals surface area contributed by atoms with Gasteiger partial charge in [0.25, 0.3) is 0 Å². The lowest BCUT2D eigenvalue weighted by Gasteiger charge is -2.33.